The second kappa shape index (κ2) is 3.56. The fourth-order valence-corrected chi connectivity index (χ4v) is 2.85. The molecule has 0 aromatic rings. The summed E-state index contributed by atoms with van der Waals surface area (Å²) >= 11 is 0. The van der Waals surface area contributed by atoms with Gasteiger partial charge in [0.1, 0.15) is 5.78 Å². The predicted octanol–water partition coefficient (Wildman–Crippen LogP) is 0.881. The van der Waals surface area contributed by atoms with Gasteiger partial charge >= 0.3 is 0 Å². The quantitative estimate of drug-likeness (QED) is 0.752. The third-order valence-electron chi connectivity index (χ3n) is 4.01. The number of hydrogen-bond acceptors (Lipinski definition) is 3. The van der Waals surface area contributed by atoms with Crippen LogP contribution in [0.2, 0.25) is 0 Å². The van der Waals surface area contributed by atoms with Crippen molar-refractivity contribution in [3.63, 3.8) is 0 Å². The Balaban J connectivity index is 1.81. The molecule has 2 atom stereocenters. The van der Waals surface area contributed by atoms with Crippen LogP contribution in [0, 0.1) is 17.8 Å². The molecule has 2 fully saturated rings. The van der Waals surface area contributed by atoms with E-state index in [1.807, 2.05) is 0 Å². The molecule has 0 aromatic carbocycles. The number of nitrogens with zero attached hydrogens (tertiary/aromatic N) is 1. The number of Topliss-reactive ketones (excluding diaryl/α,β-unsaturated/α-hetero) is 1. The number of carbonyl (C=O) groups is 1. The number of nitrogens with two attached hydrogens (primary N) is 1. The molecule has 1 heterocycles. The Labute approximate surface area is 92.0 Å². The van der Waals surface area contributed by atoms with Crippen LogP contribution in [0.4, 0.5) is 0 Å². The van der Waals surface area contributed by atoms with Crippen LogP contribution in [-0.2, 0) is 4.79 Å². The summed E-state index contributed by atoms with van der Waals surface area (Å²) in [5.41, 5.74) is 5.62. The van der Waals surface area contributed by atoms with Gasteiger partial charge in [-0.3, -0.25) is 9.69 Å². The minimum atomic E-state index is 0.221. The number of ketones is 1. The highest BCUT2D eigenvalue weighted by Gasteiger charge is 2.56. The lowest BCUT2D eigenvalue weighted by molar-refractivity contribution is -0.118. The molecule has 15 heavy (non-hydrogen) atoms. The summed E-state index contributed by atoms with van der Waals surface area (Å²) in [7, 11) is 0. The Morgan fingerprint density at radius 3 is 2.27 bits per heavy atom. The summed E-state index contributed by atoms with van der Waals surface area (Å²) in [4.78, 5) is 13.8. The highest BCUT2D eigenvalue weighted by Crippen LogP contribution is 2.54. The number of rotatable bonds is 3. The van der Waals surface area contributed by atoms with Crippen LogP contribution >= 0.6 is 0 Å². The normalized spacial score (nSPS) is 35.3. The lowest BCUT2D eigenvalue weighted by Crippen LogP contribution is -2.41. The van der Waals surface area contributed by atoms with Crippen molar-refractivity contribution >= 4 is 5.78 Å². The number of carbonyl (C=O) groups excluding carboxylic acids is 1. The predicted molar refractivity (Wildman–Crippen MR) is 60.5 cm³/mol. The maximum absolute atomic E-state index is 11.2. The standard InChI is InChI=1S/C12H22N2O/c1-12(2,3)14-6-10-9(11(10)7-14)4-8(15)5-13/h9-11H,4-7,13H2,1-3H3. The van der Waals surface area contributed by atoms with Gasteiger partial charge in [-0.1, -0.05) is 0 Å². The first kappa shape index (κ1) is 11.1. The highest BCUT2D eigenvalue weighted by atomic mass is 16.1. The summed E-state index contributed by atoms with van der Waals surface area (Å²) in [5.74, 6) is 2.44. The summed E-state index contributed by atoms with van der Waals surface area (Å²) in [6, 6.07) is 0. The number of hydrogen-bond donors (Lipinski definition) is 1. The summed E-state index contributed by atoms with van der Waals surface area (Å²) in [5, 5.41) is 0. The van der Waals surface area contributed by atoms with Crippen molar-refractivity contribution in [2.45, 2.75) is 32.7 Å². The van der Waals surface area contributed by atoms with Gasteiger partial charge in [0.05, 0.1) is 6.54 Å². The number of piperidine rings is 1. The summed E-state index contributed by atoms with van der Waals surface area (Å²) in [6.45, 7) is 9.36. The van der Waals surface area contributed by atoms with Crippen molar-refractivity contribution < 1.29 is 4.79 Å². The van der Waals surface area contributed by atoms with E-state index in [1.165, 1.54) is 13.1 Å². The van der Waals surface area contributed by atoms with Gasteiger partial charge in [0.15, 0.2) is 0 Å². The van der Waals surface area contributed by atoms with E-state index in [2.05, 4.69) is 25.7 Å². The molecular formula is C12H22N2O. The van der Waals surface area contributed by atoms with Crippen molar-refractivity contribution in [3.05, 3.63) is 0 Å². The lowest BCUT2D eigenvalue weighted by Gasteiger charge is -2.33. The van der Waals surface area contributed by atoms with Crippen LogP contribution in [0.15, 0.2) is 0 Å². The summed E-state index contributed by atoms with van der Waals surface area (Å²) in [6.07, 6.45) is 0.726. The van der Waals surface area contributed by atoms with Crippen molar-refractivity contribution in [2.75, 3.05) is 19.6 Å². The van der Waals surface area contributed by atoms with Gasteiger partial charge in [-0.05, 0) is 38.5 Å². The van der Waals surface area contributed by atoms with E-state index < -0.39 is 0 Å². The molecular weight excluding hydrogens is 188 g/mol. The molecule has 0 amide bonds. The zero-order valence-electron chi connectivity index (χ0n) is 9.99. The number of fused-ring (bicyclic) bond motifs is 1. The number of likely N-dealkylation sites (tertiary alicyclic amines) is 1. The van der Waals surface area contributed by atoms with Crippen LogP contribution < -0.4 is 5.73 Å². The van der Waals surface area contributed by atoms with E-state index in [0.29, 0.717) is 5.92 Å². The first-order valence-electron chi connectivity index (χ1n) is 5.90. The molecule has 1 aliphatic heterocycles. The van der Waals surface area contributed by atoms with E-state index in [4.69, 9.17) is 5.73 Å². The van der Waals surface area contributed by atoms with E-state index in [0.717, 1.165) is 18.3 Å². The van der Waals surface area contributed by atoms with Gasteiger partial charge in [0.2, 0.25) is 0 Å². The smallest absolute Gasteiger partial charge is 0.146 e. The Hall–Kier alpha value is -0.410. The lowest BCUT2D eigenvalue weighted by atomic mass is 10.0. The monoisotopic (exact) mass is 210 g/mol. The van der Waals surface area contributed by atoms with Crippen LogP contribution in [0.1, 0.15) is 27.2 Å². The van der Waals surface area contributed by atoms with Crippen molar-refractivity contribution in [2.24, 2.45) is 23.5 Å². The molecule has 0 aromatic heterocycles. The van der Waals surface area contributed by atoms with E-state index in [-0.39, 0.29) is 17.9 Å². The first-order chi connectivity index (χ1) is 6.93. The first-order valence-corrected chi connectivity index (χ1v) is 5.90. The largest absolute Gasteiger partial charge is 0.324 e. The molecule has 3 heteroatoms. The maximum Gasteiger partial charge on any atom is 0.146 e. The van der Waals surface area contributed by atoms with Crippen LogP contribution in [0.25, 0.3) is 0 Å². The Bertz CT molecular complexity index is 257. The van der Waals surface area contributed by atoms with Gasteiger partial charge in [-0.2, -0.15) is 0 Å². The molecule has 1 saturated heterocycles. The minimum Gasteiger partial charge on any atom is -0.324 e. The van der Waals surface area contributed by atoms with Gasteiger partial charge in [-0.15, -0.1) is 0 Å². The van der Waals surface area contributed by atoms with Crippen molar-refractivity contribution in [3.8, 4) is 0 Å². The molecule has 0 bridgehead atoms. The molecule has 1 saturated carbocycles. The van der Waals surface area contributed by atoms with Gasteiger partial charge in [0.25, 0.3) is 0 Å². The van der Waals surface area contributed by atoms with Crippen molar-refractivity contribution in [1.82, 2.24) is 4.90 Å². The second-order valence-electron chi connectivity index (χ2n) is 6.01. The Morgan fingerprint density at radius 1 is 1.33 bits per heavy atom. The average molecular weight is 210 g/mol. The van der Waals surface area contributed by atoms with Crippen LogP contribution in [-0.4, -0.2) is 35.9 Å². The molecule has 3 nitrogen and oxygen atoms in total. The van der Waals surface area contributed by atoms with Gasteiger partial charge < -0.3 is 5.73 Å². The van der Waals surface area contributed by atoms with Crippen LogP contribution in [0.5, 0.6) is 0 Å². The van der Waals surface area contributed by atoms with E-state index in [1.54, 1.807) is 0 Å². The van der Waals surface area contributed by atoms with Crippen LogP contribution in [0.3, 0.4) is 0 Å². The Kier molecular flexibility index (Phi) is 2.63. The zero-order valence-corrected chi connectivity index (χ0v) is 9.99. The third kappa shape index (κ3) is 2.08. The molecule has 2 N–H and O–H groups in total. The fraction of sp³-hybridized carbons (Fsp3) is 0.917. The minimum absolute atomic E-state index is 0.221. The SMILES string of the molecule is CC(C)(C)N1CC2C(CC(=O)CN)C2C1. The molecule has 0 spiro atoms. The maximum atomic E-state index is 11.2. The highest BCUT2D eigenvalue weighted by molar-refractivity contribution is 5.80. The summed E-state index contributed by atoms with van der Waals surface area (Å²) < 4.78 is 0. The Morgan fingerprint density at radius 2 is 1.87 bits per heavy atom. The molecule has 86 valence electrons. The zero-order chi connectivity index (χ0) is 11.2. The molecule has 2 aliphatic rings. The van der Waals surface area contributed by atoms with E-state index >= 15 is 0 Å². The third-order valence-corrected chi connectivity index (χ3v) is 4.01. The van der Waals surface area contributed by atoms with Gasteiger partial charge in [-0.25, -0.2) is 0 Å². The van der Waals surface area contributed by atoms with E-state index in [9.17, 15) is 4.79 Å². The average Bonchev–Trinajstić information content (AvgIpc) is 2.63. The molecule has 0 radical (unpaired) electrons. The van der Waals surface area contributed by atoms with Crippen molar-refractivity contribution in [1.29, 1.82) is 0 Å². The van der Waals surface area contributed by atoms with Gasteiger partial charge in [0, 0.05) is 25.0 Å². The molecule has 2 unspecified atom stereocenters. The topological polar surface area (TPSA) is 46.3 Å². The molecule has 1 aliphatic carbocycles. The molecule has 2 rings (SSSR count). The second-order valence-corrected chi connectivity index (χ2v) is 6.01. The fourth-order valence-electron chi connectivity index (χ4n) is 2.85.